The molecule has 0 aliphatic carbocycles. The van der Waals surface area contributed by atoms with E-state index in [-0.39, 0.29) is 0 Å². The van der Waals surface area contributed by atoms with Gasteiger partial charge in [-0.3, -0.25) is 0 Å². The van der Waals surface area contributed by atoms with Crippen molar-refractivity contribution < 1.29 is 0 Å². The molecule has 0 saturated heterocycles. The second-order valence-electron chi connectivity index (χ2n) is 8.44. The highest BCUT2D eigenvalue weighted by Gasteiger charge is 2.20. The molecule has 3 rings (SSSR count). The molecule has 140 valence electrons. The van der Waals surface area contributed by atoms with E-state index in [9.17, 15) is 0 Å². The van der Waals surface area contributed by atoms with E-state index in [1.807, 2.05) is 0 Å². The van der Waals surface area contributed by atoms with Crippen LogP contribution in [0.2, 0.25) is 0 Å². The molecule has 0 radical (unpaired) electrons. The summed E-state index contributed by atoms with van der Waals surface area (Å²) in [5.41, 5.74) is 9.81. The van der Waals surface area contributed by atoms with Crippen LogP contribution < -0.4 is 0 Å². The molecule has 27 heavy (non-hydrogen) atoms. The van der Waals surface area contributed by atoms with Gasteiger partial charge in [-0.05, 0) is 56.7 Å². The number of rotatable bonds is 5. The van der Waals surface area contributed by atoms with E-state index < -0.39 is 0 Å². The standard InChI is InChI=1S/C27H32/c1-18(2)24-16-17-25(27(20(5)6)26(24)19(3)4)23-14-12-22(13-15-23)21-10-8-7-9-11-21/h7-20H,1-6H3. The Hall–Kier alpha value is -2.34. The lowest BCUT2D eigenvalue weighted by Gasteiger charge is -2.26. The molecule has 0 fully saturated rings. The van der Waals surface area contributed by atoms with Gasteiger partial charge in [-0.1, -0.05) is 108 Å². The van der Waals surface area contributed by atoms with Crippen molar-refractivity contribution in [2.24, 2.45) is 0 Å². The molecular weight excluding hydrogens is 324 g/mol. The van der Waals surface area contributed by atoms with Gasteiger partial charge in [0.25, 0.3) is 0 Å². The minimum Gasteiger partial charge on any atom is -0.0622 e. The average Bonchev–Trinajstić information content (AvgIpc) is 2.67. The van der Waals surface area contributed by atoms with Gasteiger partial charge in [0.1, 0.15) is 0 Å². The van der Waals surface area contributed by atoms with Crippen LogP contribution in [0.5, 0.6) is 0 Å². The van der Waals surface area contributed by atoms with Crippen molar-refractivity contribution in [3.8, 4) is 22.3 Å². The molecule has 0 spiro atoms. The lowest BCUT2D eigenvalue weighted by molar-refractivity contribution is 0.750. The van der Waals surface area contributed by atoms with Gasteiger partial charge in [-0.2, -0.15) is 0 Å². The van der Waals surface area contributed by atoms with E-state index in [1.54, 1.807) is 5.56 Å². The summed E-state index contributed by atoms with van der Waals surface area (Å²) >= 11 is 0. The van der Waals surface area contributed by atoms with E-state index in [0.29, 0.717) is 17.8 Å². The van der Waals surface area contributed by atoms with Crippen molar-refractivity contribution in [1.82, 2.24) is 0 Å². The summed E-state index contributed by atoms with van der Waals surface area (Å²) in [5.74, 6) is 1.59. The maximum Gasteiger partial charge on any atom is -0.0146 e. The van der Waals surface area contributed by atoms with Crippen LogP contribution in [0.3, 0.4) is 0 Å². The molecule has 0 atom stereocenters. The summed E-state index contributed by atoms with van der Waals surface area (Å²) in [7, 11) is 0. The highest BCUT2D eigenvalue weighted by atomic mass is 14.2. The first kappa shape index (κ1) is 19.4. The number of hydrogen-bond acceptors (Lipinski definition) is 0. The van der Waals surface area contributed by atoms with Crippen LogP contribution in [0.1, 0.15) is 76.0 Å². The second-order valence-corrected chi connectivity index (χ2v) is 8.44. The van der Waals surface area contributed by atoms with Gasteiger partial charge in [0, 0.05) is 0 Å². The monoisotopic (exact) mass is 356 g/mol. The van der Waals surface area contributed by atoms with E-state index in [4.69, 9.17) is 0 Å². The van der Waals surface area contributed by atoms with Gasteiger partial charge < -0.3 is 0 Å². The first-order valence-electron chi connectivity index (χ1n) is 10.2. The van der Waals surface area contributed by atoms with Crippen LogP contribution in [0.15, 0.2) is 66.7 Å². The number of hydrogen-bond donors (Lipinski definition) is 0. The molecule has 0 amide bonds. The highest BCUT2D eigenvalue weighted by Crippen LogP contribution is 2.40. The average molecular weight is 357 g/mol. The summed E-state index contributed by atoms with van der Waals surface area (Å²) in [6, 6.07) is 24.4. The Bertz CT molecular complexity index is 881. The molecule has 0 aliphatic rings. The van der Waals surface area contributed by atoms with Crippen LogP contribution in [0.25, 0.3) is 22.3 Å². The Labute approximate surface area is 165 Å². The fraction of sp³-hybridized carbons (Fsp3) is 0.333. The van der Waals surface area contributed by atoms with E-state index >= 15 is 0 Å². The molecule has 0 heterocycles. The molecular formula is C27H32. The van der Waals surface area contributed by atoms with Crippen molar-refractivity contribution in [3.05, 3.63) is 83.4 Å². The zero-order valence-electron chi connectivity index (χ0n) is 17.6. The molecule has 0 aliphatic heterocycles. The van der Waals surface area contributed by atoms with Crippen LogP contribution >= 0.6 is 0 Å². The molecule has 0 bridgehead atoms. The molecule has 0 nitrogen and oxygen atoms in total. The smallest absolute Gasteiger partial charge is 0.0146 e. The van der Waals surface area contributed by atoms with E-state index in [2.05, 4.69) is 108 Å². The molecule has 0 N–H and O–H groups in total. The Morgan fingerprint density at radius 3 is 1.48 bits per heavy atom. The third-order valence-electron chi connectivity index (χ3n) is 5.40. The maximum absolute atomic E-state index is 2.35. The molecule has 0 unspecified atom stereocenters. The predicted octanol–water partition coefficient (Wildman–Crippen LogP) is 8.39. The molecule has 0 heteroatoms. The lowest BCUT2D eigenvalue weighted by Crippen LogP contribution is -2.07. The Morgan fingerprint density at radius 2 is 0.963 bits per heavy atom. The predicted molar refractivity (Wildman–Crippen MR) is 120 cm³/mol. The lowest BCUT2D eigenvalue weighted by atomic mass is 9.79. The summed E-state index contributed by atoms with van der Waals surface area (Å²) in [5, 5.41) is 0. The Balaban J connectivity index is 2.12. The van der Waals surface area contributed by atoms with Crippen LogP contribution in [0, 0.1) is 0 Å². The maximum atomic E-state index is 2.35. The summed E-state index contributed by atoms with van der Waals surface area (Å²) < 4.78 is 0. The van der Waals surface area contributed by atoms with Crippen LogP contribution in [0.4, 0.5) is 0 Å². The Morgan fingerprint density at radius 1 is 0.444 bits per heavy atom. The van der Waals surface area contributed by atoms with Crippen molar-refractivity contribution in [3.63, 3.8) is 0 Å². The van der Waals surface area contributed by atoms with Crippen LogP contribution in [-0.2, 0) is 0 Å². The summed E-state index contributed by atoms with van der Waals surface area (Å²) in [6.07, 6.45) is 0. The normalized spacial score (nSPS) is 11.6. The van der Waals surface area contributed by atoms with Crippen molar-refractivity contribution in [2.75, 3.05) is 0 Å². The van der Waals surface area contributed by atoms with Gasteiger partial charge in [-0.15, -0.1) is 0 Å². The van der Waals surface area contributed by atoms with Crippen LogP contribution in [-0.4, -0.2) is 0 Å². The minimum atomic E-state index is 0.505. The van der Waals surface area contributed by atoms with Gasteiger partial charge in [-0.25, -0.2) is 0 Å². The third kappa shape index (κ3) is 4.00. The van der Waals surface area contributed by atoms with E-state index in [1.165, 1.54) is 33.4 Å². The van der Waals surface area contributed by atoms with Gasteiger partial charge >= 0.3 is 0 Å². The largest absolute Gasteiger partial charge is 0.0622 e. The van der Waals surface area contributed by atoms with Crippen molar-refractivity contribution in [1.29, 1.82) is 0 Å². The first-order valence-corrected chi connectivity index (χ1v) is 10.2. The fourth-order valence-electron chi connectivity index (χ4n) is 4.15. The highest BCUT2D eigenvalue weighted by molar-refractivity contribution is 5.74. The first-order chi connectivity index (χ1) is 12.9. The third-order valence-corrected chi connectivity index (χ3v) is 5.40. The molecule has 0 saturated carbocycles. The zero-order valence-corrected chi connectivity index (χ0v) is 17.6. The summed E-state index contributed by atoms with van der Waals surface area (Å²) in [4.78, 5) is 0. The van der Waals surface area contributed by atoms with E-state index in [0.717, 1.165) is 0 Å². The summed E-state index contributed by atoms with van der Waals surface area (Å²) in [6.45, 7) is 13.9. The molecule has 3 aromatic rings. The second kappa shape index (κ2) is 8.13. The molecule has 0 aromatic heterocycles. The van der Waals surface area contributed by atoms with Gasteiger partial charge in [0.15, 0.2) is 0 Å². The quantitative estimate of drug-likeness (QED) is 0.430. The topological polar surface area (TPSA) is 0 Å². The SMILES string of the molecule is CC(C)c1ccc(-c2ccc(-c3ccccc3)cc2)c(C(C)C)c1C(C)C. The Kier molecular flexibility index (Phi) is 5.85. The fourth-order valence-corrected chi connectivity index (χ4v) is 4.15. The van der Waals surface area contributed by atoms with Crippen molar-refractivity contribution >= 4 is 0 Å². The minimum absolute atomic E-state index is 0.505. The number of benzene rings is 3. The molecule has 3 aromatic carbocycles. The van der Waals surface area contributed by atoms with Gasteiger partial charge in [0.05, 0.1) is 0 Å². The van der Waals surface area contributed by atoms with Crippen molar-refractivity contribution in [2.45, 2.75) is 59.3 Å². The zero-order chi connectivity index (χ0) is 19.6. The van der Waals surface area contributed by atoms with Gasteiger partial charge in [0.2, 0.25) is 0 Å².